The van der Waals surface area contributed by atoms with E-state index in [9.17, 15) is 9.59 Å². The highest BCUT2D eigenvalue weighted by Gasteiger charge is 2.16. The molecule has 0 aromatic rings. The molecule has 0 aliphatic carbocycles. The van der Waals surface area contributed by atoms with Gasteiger partial charge in [-0.2, -0.15) is 0 Å². The van der Waals surface area contributed by atoms with Crippen molar-refractivity contribution in [2.24, 2.45) is 0 Å². The first kappa shape index (κ1) is 21.9. The number of carbonyl (C=O) groups is 2. The summed E-state index contributed by atoms with van der Waals surface area (Å²) in [5, 5.41) is 0. The van der Waals surface area contributed by atoms with Crippen LogP contribution in [0.25, 0.3) is 0 Å². The van der Waals surface area contributed by atoms with Crippen LogP contribution in [0.3, 0.4) is 0 Å². The van der Waals surface area contributed by atoms with Gasteiger partial charge >= 0.3 is 11.9 Å². The number of ether oxygens (including phenoxy) is 4. The zero-order valence-corrected chi connectivity index (χ0v) is 15.4. The lowest BCUT2D eigenvalue weighted by Crippen LogP contribution is -2.26. The van der Waals surface area contributed by atoms with Crippen LogP contribution >= 0.6 is 0 Å². The average Bonchev–Trinajstić information content (AvgIpc) is 2.32. The molecule has 136 valence electrons. The minimum Gasteiger partial charge on any atom is -0.458 e. The zero-order valence-electron chi connectivity index (χ0n) is 15.4. The van der Waals surface area contributed by atoms with Crippen LogP contribution in [0.2, 0.25) is 0 Å². The van der Waals surface area contributed by atoms with Crippen molar-refractivity contribution in [3.63, 3.8) is 0 Å². The fraction of sp³-hybridized carbons (Fsp3) is 0.882. The molecule has 6 heteroatoms. The molecular formula is C17H32O6. The van der Waals surface area contributed by atoms with E-state index in [1.807, 2.05) is 41.5 Å². The highest BCUT2D eigenvalue weighted by Crippen LogP contribution is 2.08. The van der Waals surface area contributed by atoms with Crippen molar-refractivity contribution in [3.8, 4) is 0 Å². The average molecular weight is 332 g/mol. The molecule has 0 saturated carbocycles. The molecule has 0 unspecified atom stereocenters. The van der Waals surface area contributed by atoms with Gasteiger partial charge in [0.25, 0.3) is 0 Å². The van der Waals surface area contributed by atoms with Crippen molar-refractivity contribution in [1.82, 2.24) is 0 Å². The summed E-state index contributed by atoms with van der Waals surface area (Å²) in [6.07, 6.45) is 2.57. The normalized spacial score (nSPS) is 12.1. The molecule has 0 fully saturated rings. The van der Waals surface area contributed by atoms with Gasteiger partial charge in [0.2, 0.25) is 0 Å². The zero-order chi connectivity index (χ0) is 17.9. The Hall–Kier alpha value is -1.14. The largest absolute Gasteiger partial charge is 0.458 e. The molecule has 0 N–H and O–H groups in total. The van der Waals surface area contributed by atoms with E-state index in [4.69, 9.17) is 18.9 Å². The highest BCUT2D eigenvalue weighted by atomic mass is 16.6. The first-order valence-corrected chi connectivity index (χ1v) is 8.09. The van der Waals surface area contributed by atoms with Gasteiger partial charge in [0, 0.05) is 13.2 Å². The summed E-state index contributed by atoms with van der Waals surface area (Å²) in [5.74, 6) is -0.698. The molecule has 23 heavy (non-hydrogen) atoms. The Kier molecular flexibility index (Phi) is 10.1. The number of rotatable bonds is 10. The summed E-state index contributed by atoms with van der Waals surface area (Å²) >= 11 is 0. The maximum Gasteiger partial charge on any atom is 0.332 e. The smallest absolute Gasteiger partial charge is 0.332 e. The van der Waals surface area contributed by atoms with E-state index in [-0.39, 0.29) is 25.2 Å². The molecule has 0 saturated heterocycles. The van der Waals surface area contributed by atoms with Crippen LogP contribution in [0, 0.1) is 0 Å². The Morgan fingerprint density at radius 3 is 1.30 bits per heavy atom. The van der Waals surface area contributed by atoms with Crippen LogP contribution in [-0.4, -0.2) is 49.6 Å². The Balaban J connectivity index is 3.41. The molecular weight excluding hydrogens is 300 g/mol. The molecule has 6 nitrogen and oxygen atoms in total. The second-order valence-corrected chi connectivity index (χ2v) is 7.34. The third kappa shape index (κ3) is 17.1. The molecule has 0 atom stereocenters. The van der Waals surface area contributed by atoms with E-state index in [1.54, 1.807) is 0 Å². The molecule has 0 spiro atoms. The first-order valence-electron chi connectivity index (χ1n) is 8.09. The van der Waals surface area contributed by atoms with Crippen LogP contribution in [-0.2, 0) is 28.5 Å². The Morgan fingerprint density at radius 2 is 1.00 bits per heavy atom. The lowest BCUT2D eigenvalue weighted by atomic mass is 10.2. The van der Waals surface area contributed by atoms with Gasteiger partial charge in [0.1, 0.15) is 24.4 Å². The standard InChI is InChI=1S/C17H32O6/c1-16(2,3)22-14(18)12-20-10-8-7-9-11-21-13-15(19)23-17(4,5)6/h7-13H2,1-6H3. The summed E-state index contributed by atoms with van der Waals surface area (Å²) in [6, 6.07) is 0. The molecule has 0 aliphatic heterocycles. The topological polar surface area (TPSA) is 71.1 Å². The number of hydrogen-bond donors (Lipinski definition) is 0. The van der Waals surface area contributed by atoms with E-state index in [1.165, 1.54) is 0 Å². The van der Waals surface area contributed by atoms with Gasteiger partial charge in [-0.3, -0.25) is 0 Å². The molecule has 0 rings (SSSR count). The van der Waals surface area contributed by atoms with E-state index >= 15 is 0 Å². The molecule has 0 aromatic heterocycles. The van der Waals surface area contributed by atoms with Crippen LogP contribution in [0.5, 0.6) is 0 Å². The Labute approximate surface area is 139 Å². The van der Waals surface area contributed by atoms with Gasteiger partial charge < -0.3 is 18.9 Å². The summed E-state index contributed by atoms with van der Waals surface area (Å²) in [4.78, 5) is 22.8. The Bertz CT molecular complexity index is 317. The van der Waals surface area contributed by atoms with E-state index in [0.717, 1.165) is 19.3 Å². The van der Waals surface area contributed by atoms with Gasteiger partial charge in [-0.1, -0.05) is 0 Å². The van der Waals surface area contributed by atoms with Crippen LogP contribution in [0.15, 0.2) is 0 Å². The third-order valence-electron chi connectivity index (χ3n) is 2.36. The maximum absolute atomic E-state index is 11.4. The number of unbranched alkanes of at least 4 members (excludes halogenated alkanes) is 2. The van der Waals surface area contributed by atoms with E-state index in [2.05, 4.69) is 0 Å². The van der Waals surface area contributed by atoms with Gasteiger partial charge in [-0.25, -0.2) is 9.59 Å². The third-order valence-corrected chi connectivity index (χ3v) is 2.36. The van der Waals surface area contributed by atoms with Crippen molar-refractivity contribution in [2.75, 3.05) is 26.4 Å². The van der Waals surface area contributed by atoms with Crippen molar-refractivity contribution >= 4 is 11.9 Å². The molecule has 0 radical (unpaired) electrons. The monoisotopic (exact) mass is 332 g/mol. The highest BCUT2D eigenvalue weighted by molar-refractivity contribution is 5.71. The van der Waals surface area contributed by atoms with Crippen molar-refractivity contribution in [2.45, 2.75) is 72.0 Å². The lowest BCUT2D eigenvalue weighted by molar-refractivity contribution is -0.161. The summed E-state index contributed by atoms with van der Waals surface area (Å²) < 4.78 is 20.8. The predicted molar refractivity (Wildman–Crippen MR) is 87.2 cm³/mol. The van der Waals surface area contributed by atoms with E-state index in [0.29, 0.717) is 13.2 Å². The quantitative estimate of drug-likeness (QED) is 0.452. The summed E-state index contributed by atoms with van der Waals surface area (Å²) in [7, 11) is 0. The SMILES string of the molecule is CC(C)(C)OC(=O)COCCCCCOCC(=O)OC(C)(C)C. The fourth-order valence-electron chi connectivity index (χ4n) is 1.64. The second-order valence-electron chi connectivity index (χ2n) is 7.34. The number of esters is 2. The summed E-state index contributed by atoms with van der Waals surface area (Å²) in [5.41, 5.74) is -0.960. The van der Waals surface area contributed by atoms with Gasteiger partial charge in [0.05, 0.1) is 0 Å². The fourth-order valence-corrected chi connectivity index (χ4v) is 1.64. The second kappa shape index (κ2) is 10.6. The molecule has 0 heterocycles. The lowest BCUT2D eigenvalue weighted by Gasteiger charge is -2.19. The maximum atomic E-state index is 11.4. The van der Waals surface area contributed by atoms with Crippen molar-refractivity contribution < 1.29 is 28.5 Å². The molecule has 0 aliphatic rings. The molecule has 0 aromatic carbocycles. The van der Waals surface area contributed by atoms with Crippen molar-refractivity contribution in [3.05, 3.63) is 0 Å². The van der Waals surface area contributed by atoms with Crippen LogP contribution in [0.4, 0.5) is 0 Å². The summed E-state index contributed by atoms with van der Waals surface area (Å²) in [6.45, 7) is 11.9. The van der Waals surface area contributed by atoms with Crippen molar-refractivity contribution in [1.29, 1.82) is 0 Å². The van der Waals surface area contributed by atoms with Gasteiger partial charge in [-0.15, -0.1) is 0 Å². The minimum absolute atomic E-state index is 0.0214. The number of hydrogen-bond acceptors (Lipinski definition) is 6. The minimum atomic E-state index is -0.480. The first-order chi connectivity index (χ1) is 10.5. The van der Waals surface area contributed by atoms with E-state index < -0.39 is 11.2 Å². The Morgan fingerprint density at radius 1 is 0.652 bits per heavy atom. The molecule has 0 bridgehead atoms. The molecule has 0 amide bonds. The van der Waals surface area contributed by atoms with Gasteiger partial charge in [0.15, 0.2) is 0 Å². The van der Waals surface area contributed by atoms with Gasteiger partial charge in [-0.05, 0) is 60.8 Å². The number of carbonyl (C=O) groups excluding carboxylic acids is 2. The predicted octanol–water partition coefficient (Wildman–Crippen LogP) is 2.87. The van der Waals surface area contributed by atoms with Crippen LogP contribution < -0.4 is 0 Å². The van der Waals surface area contributed by atoms with Crippen LogP contribution in [0.1, 0.15) is 60.8 Å².